The number of rotatable bonds is 1. The summed E-state index contributed by atoms with van der Waals surface area (Å²) >= 11 is 3.23. The van der Waals surface area contributed by atoms with Crippen molar-refractivity contribution < 1.29 is 14.2 Å². The zero-order valence-corrected chi connectivity index (χ0v) is 9.05. The number of aryl methyl sites for hydroxylation is 1. The summed E-state index contributed by atoms with van der Waals surface area (Å²) in [6, 6.07) is 3.23. The van der Waals surface area contributed by atoms with Gasteiger partial charge in [-0.2, -0.15) is 0 Å². The fraction of sp³-hybridized carbons (Fsp3) is 0.400. The van der Waals surface area contributed by atoms with E-state index >= 15 is 0 Å². The quantitative estimate of drug-likeness (QED) is 0.840. The van der Waals surface area contributed by atoms with Crippen molar-refractivity contribution in [2.45, 2.75) is 18.9 Å². The molecular weight excluding hydrogens is 251 g/mol. The molecule has 0 bridgehead atoms. The van der Waals surface area contributed by atoms with Crippen molar-refractivity contribution >= 4 is 15.9 Å². The second-order valence-electron chi connectivity index (χ2n) is 3.34. The molecule has 0 saturated carbocycles. The highest BCUT2D eigenvalue weighted by Crippen LogP contribution is 2.32. The van der Waals surface area contributed by atoms with Gasteiger partial charge in [0.25, 0.3) is 0 Å². The van der Waals surface area contributed by atoms with E-state index in [-0.39, 0.29) is 18.5 Å². The molecule has 1 atom stereocenters. The van der Waals surface area contributed by atoms with Crippen LogP contribution in [0.4, 0.5) is 4.39 Å². The van der Waals surface area contributed by atoms with Gasteiger partial charge in [-0.1, -0.05) is 15.9 Å². The van der Waals surface area contributed by atoms with Crippen LogP contribution in [-0.4, -0.2) is 17.8 Å². The van der Waals surface area contributed by atoms with E-state index in [0.29, 0.717) is 5.75 Å². The molecule has 2 rings (SSSR count). The van der Waals surface area contributed by atoms with Gasteiger partial charge in [-0.05, 0) is 30.5 Å². The molecule has 0 radical (unpaired) electrons. The standard InChI is InChI=1S/C10H10BrFO2/c11-7-3-6-1-2-8(5-13)14-10(6)9(12)4-7/h3-4,8,13H,1-2,5H2/t8-/m1/s1. The third-order valence-electron chi connectivity index (χ3n) is 2.31. The van der Waals surface area contributed by atoms with Crippen molar-refractivity contribution in [2.75, 3.05) is 6.61 Å². The maximum absolute atomic E-state index is 13.4. The minimum Gasteiger partial charge on any atom is -0.485 e. The molecular formula is C10H10BrFO2. The Kier molecular flexibility index (Phi) is 2.74. The predicted molar refractivity (Wildman–Crippen MR) is 53.9 cm³/mol. The number of aliphatic hydroxyl groups excluding tert-OH is 1. The molecule has 76 valence electrons. The normalized spacial score (nSPS) is 20.1. The Morgan fingerprint density at radius 1 is 1.57 bits per heavy atom. The first-order valence-electron chi connectivity index (χ1n) is 4.46. The van der Waals surface area contributed by atoms with Crippen LogP contribution in [0.25, 0.3) is 0 Å². The van der Waals surface area contributed by atoms with E-state index in [1.807, 2.05) is 6.07 Å². The van der Waals surface area contributed by atoms with Crippen molar-refractivity contribution in [1.82, 2.24) is 0 Å². The largest absolute Gasteiger partial charge is 0.485 e. The molecule has 1 N–H and O–H groups in total. The van der Waals surface area contributed by atoms with Gasteiger partial charge in [0.2, 0.25) is 0 Å². The second-order valence-corrected chi connectivity index (χ2v) is 4.25. The van der Waals surface area contributed by atoms with Crippen LogP contribution < -0.4 is 4.74 Å². The van der Waals surface area contributed by atoms with Crippen LogP contribution in [0.2, 0.25) is 0 Å². The van der Waals surface area contributed by atoms with Crippen LogP contribution in [-0.2, 0) is 6.42 Å². The average Bonchev–Trinajstić information content (AvgIpc) is 2.17. The molecule has 0 aromatic heterocycles. The lowest BCUT2D eigenvalue weighted by Gasteiger charge is -2.25. The third kappa shape index (κ3) is 1.77. The van der Waals surface area contributed by atoms with Crippen molar-refractivity contribution in [2.24, 2.45) is 0 Å². The van der Waals surface area contributed by atoms with Crippen molar-refractivity contribution in [3.63, 3.8) is 0 Å². The molecule has 0 aliphatic carbocycles. The molecule has 4 heteroatoms. The Bertz CT molecular complexity index is 354. The molecule has 1 aliphatic rings. The van der Waals surface area contributed by atoms with Gasteiger partial charge in [-0.3, -0.25) is 0 Å². The molecule has 0 fully saturated rings. The first kappa shape index (κ1) is 9.93. The Morgan fingerprint density at radius 2 is 2.36 bits per heavy atom. The maximum atomic E-state index is 13.4. The SMILES string of the molecule is OC[C@H]1CCc2cc(Br)cc(F)c2O1. The summed E-state index contributed by atoms with van der Waals surface area (Å²) in [5.74, 6) is -0.0778. The maximum Gasteiger partial charge on any atom is 0.166 e. The van der Waals surface area contributed by atoms with Crippen LogP contribution in [0, 0.1) is 5.82 Å². The molecule has 1 aromatic carbocycles. The number of fused-ring (bicyclic) bond motifs is 1. The summed E-state index contributed by atoms with van der Waals surface area (Å²) in [6.07, 6.45) is 1.22. The van der Waals surface area contributed by atoms with Crippen LogP contribution in [0.5, 0.6) is 5.75 Å². The molecule has 0 unspecified atom stereocenters. The molecule has 0 amide bonds. The molecule has 2 nitrogen and oxygen atoms in total. The topological polar surface area (TPSA) is 29.5 Å². The molecule has 1 aromatic rings. The first-order chi connectivity index (χ1) is 6.70. The van der Waals surface area contributed by atoms with Crippen LogP contribution in [0.15, 0.2) is 16.6 Å². The fourth-order valence-electron chi connectivity index (χ4n) is 1.60. The van der Waals surface area contributed by atoms with E-state index in [2.05, 4.69) is 15.9 Å². The van der Waals surface area contributed by atoms with E-state index < -0.39 is 0 Å². The Morgan fingerprint density at radius 3 is 3.07 bits per heavy atom. The summed E-state index contributed by atoms with van der Waals surface area (Å²) in [6.45, 7) is -0.0606. The number of hydrogen-bond donors (Lipinski definition) is 1. The first-order valence-corrected chi connectivity index (χ1v) is 5.25. The third-order valence-corrected chi connectivity index (χ3v) is 2.77. The van der Waals surface area contributed by atoms with Crippen molar-refractivity contribution in [3.8, 4) is 5.75 Å². The lowest BCUT2D eigenvalue weighted by molar-refractivity contribution is 0.0934. The van der Waals surface area contributed by atoms with Crippen LogP contribution in [0.1, 0.15) is 12.0 Å². The van der Waals surface area contributed by atoms with E-state index in [1.165, 1.54) is 6.07 Å². The zero-order chi connectivity index (χ0) is 10.1. The van der Waals surface area contributed by atoms with Crippen LogP contribution >= 0.6 is 15.9 Å². The smallest absolute Gasteiger partial charge is 0.166 e. The van der Waals surface area contributed by atoms with Gasteiger partial charge >= 0.3 is 0 Å². The van der Waals surface area contributed by atoms with E-state index in [4.69, 9.17) is 9.84 Å². The van der Waals surface area contributed by atoms with E-state index in [0.717, 1.165) is 22.9 Å². The predicted octanol–water partition coefficient (Wildman–Crippen LogP) is 2.27. The molecule has 1 aliphatic heterocycles. The molecule has 14 heavy (non-hydrogen) atoms. The van der Waals surface area contributed by atoms with Crippen molar-refractivity contribution in [1.29, 1.82) is 0 Å². The summed E-state index contributed by atoms with van der Waals surface area (Å²) < 4.78 is 19.4. The minimum absolute atomic E-state index is 0.0606. The summed E-state index contributed by atoms with van der Waals surface area (Å²) in [5, 5.41) is 8.91. The summed E-state index contributed by atoms with van der Waals surface area (Å²) in [4.78, 5) is 0. The molecule has 0 saturated heterocycles. The molecule has 1 heterocycles. The van der Waals surface area contributed by atoms with Gasteiger partial charge in [0, 0.05) is 4.47 Å². The van der Waals surface area contributed by atoms with E-state index in [9.17, 15) is 4.39 Å². The highest BCUT2D eigenvalue weighted by molar-refractivity contribution is 9.10. The van der Waals surface area contributed by atoms with Gasteiger partial charge < -0.3 is 9.84 Å². The van der Waals surface area contributed by atoms with E-state index in [1.54, 1.807) is 0 Å². The Labute approximate surface area is 89.8 Å². The number of aliphatic hydroxyl groups is 1. The fourth-order valence-corrected chi connectivity index (χ4v) is 2.08. The highest BCUT2D eigenvalue weighted by atomic mass is 79.9. The number of benzene rings is 1. The Hall–Kier alpha value is -0.610. The zero-order valence-electron chi connectivity index (χ0n) is 7.46. The summed E-state index contributed by atoms with van der Waals surface area (Å²) in [5.41, 5.74) is 0.863. The monoisotopic (exact) mass is 260 g/mol. The number of hydrogen-bond acceptors (Lipinski definition) is 2. The van der Waals surface area contributed by atoms with Gasteiger partial charge in [0.15, 0.2) is 11.6 Å². The summed E-state index contributed by atoms with van der Waals surface area (Å²) in [7, 11) is 0. The number of ether oxygens (including phenoxy) is 1. The van der Waals surface area contributed by atoms with Gasteiger partial charge in [0.05, 0.1) is 6.61 Å². The van der Waals surface area contributed by atoms with Gasteiger partial charge in [0.1, 0.15) is 6.10 Å². The molecule has 0 spiro atoms. The lowest BCUT2D eigenvalue weighted by atomic mass is 10.0. The Balaban J connectivity index is 2.37. The van der Waals surface area contributed by atoms with Gasteiger partial charge in [-0.15, -0.1) is 0 Å². The highest BCUT2D eigenvalue weighted by Gasteiger charge is 2.22. The van der Waals surface area contributed by atoms with Crippen LogP contribution in [0.3, 0.4) is 0 Å². The average molecular weight is 261 g/mol. The number of halogens is 2. The lowest BCUT2D eigenvalue weighted by Crippen LogP contribution is -2.26. The second kappa shape index (κ2) is 3.87. The minimum atomic E-state index is -0.368. The van der Waals surface area contributed by atoms with Gasteiger partial charge in [-0.25, -0.2) is 4.39 Å². The van der Waals surface area contributed by atoms with Crippen molar-refractivity contribution in [3.05, 3.63) is 28.0 Å².